The van der Waals surface area contributed by atoms with Crippen LogP contribution in [0, 0.1) is 55.4 Å². The first-order valence-electron chi connectivity index (χ1n) is 21.2. The Balaban J connectivity index is 0.000000225. The molecule has 0 bridgehead atoms. The van der Waals surface area contributed by atoms with Crippen LogP contribution in [0.15, 0.2) is 127 Å². The van der Waals surface area contributed by atoms with E-state index in [1.165, 1.54) is 117 Å². The van der Waals surface area contributed by atoms with Crippen LogP contribution < -0.4 is 9.80 Å². The van der Waals surface area contributed by atoms with Gasteiger partial charge in [-0.15, -0.1) is 0 Å². The van der Waals surface area contributed by atoms with E-state index in [1.54, 1.807) is 0 Å². The van der Waals surface area contributed by atoms with Crippen molar-refractivity contribution < 1.29 is 0 Å². The predicted octanol–water partition coefficient (Wildman–Crippen LogP) is 15.7. The van der Waals surface area contributed by atoms with Crippen LogP contribution in [0.1, 0.15) is 94.5 Å². The van der Waals surface area contributed by atoms with Gasteiger partial charge >= 0.3 is 0 Å². The molecular formula is C57H60N2. The molecule has 0 aliphatic heterocycles. The van der Waals surface area contributed by atoms with Gasteiger partial charge in [-0.3, -0.25) is 0 Å². The van der Waals surface area contributed by atoms with Crippen molar-refractivity contribution >= 4 is 28.4 Å². The van der Waals surface area contributed by atoms with Gasteiger partial charge < -0.3 is 9.80 Å². The van der Waals surface area contributed by atoms with Crippen molar-refractivity contribution in [2.75, 3.05) is 16.8 Å². The fraction of sp³-hybridized carbons (Fsp3) is 0.263. The second-order valence-electron chi connectivity index (χ2n) is 18.4. The zero-order valence-electron chi connectivity index (χ0n) is 37.5. The van der Waals surface area contributed by atoms with Gasteiger partial charge in [0.1, 0.15) is 0 Å². The molecule has 298 valence electrons. The van der Waals surface area contributed by atoms with E-state index in [-0.39, 0.29) is 10.8 Å². The van der Waals surface area contributed by atoms with Crippen LogP contribution in [0.5, 0.6) is 0 Å². The first-order chi connectivity index (χ1) is 28.0. The minimum absolute atomic E-state index is 0.0374. The lowest BCUT2D eigenvalue weighted by Crippen LogP contribution is -2.24. The van der Waals surface area contributed by atoms with Crippen molar-refractivity contribution in [1.82, 2.24) is 0 Å². The second kappa shape index (κ2) is 14.8. The molecule has 0 spiro atoms. The highest BCUT2D eigenvalue weighted by Gasteiger charge is 2.45. The van der Waals surface area contributed by atoms with Gasteiger partial charge in [0, 0.05) is 46.3 Å². The average molecular weight is 773 g/mol. The standard InChI is InChI=1S/C40H39N.C17H21N/c1-24-13-15-28(21-26(24)3)41(29-16-14-25(2)27(4)22-29)30-17-18-32-34-20-19-33-31-11-9-10-12-35(31)39(5,6)37(33)38(34)40(7,8)36(32)23-30;1-12-6-8-16(10-14(12)3)18(5)17-9-7-13(2)15(4)11-17/h9-23H,1-8H3;6-11H,1-5H3. The smallest absolute Gasteiger partial charge is 0.0465 e. The summed E-state index contributed by atoms with van der Waals surface area (Å²) in [6.07, 6.45) is 0. The lowest BCUT2D eigenvalue weighted by molar-refractivity contribution is 0.601. The zero-order chi connectivity index (χ0) is 42.1. The third kappa shape index (κ3) is 6.77. The maximum absolute atomic E-state index is 2.46. The summed E-state index contributed by atoms with van der Waals surface area (Å²) < 4.78 is 0. The van der Waals surface area contributed by atoms with Crippen molar-refractivity contribution in [2.45, 2.75) is 93.9 Å². The highest BCUT2D eigenvalue weighted by Crippen LogP contribution is 2.59. The molecule has 0 N–H and O–H groups in total. The number of aryl methyl sites for hydroxylation is 8. The number of anilines is 5. The molecule has 7 aromatic carbocycles. The Kier molecular flexibility index (Phi) is 9.99. The fourth-order valence-corrected chi connectivity index (χ4v) is 9.50. The van der Waals surface area contributed by atoms with E-state index >= 15 is 0 Å². The molecular weight excluding hydrogens is 713 g/mol. The lowest BCUT2D eigenvalue weighted by Gasteiger charge is -2.31. The third-order valence-corrected chi connectivity index (χ3v) is 13.8. The second-order valence-corrected chi connectivity index (χ2v) is 18.4. The molecule has 59 heavy (non-hydrogen) atoms. The molecule has 2 nitrogen and oxygen atoms in total. The van der Waals surface area contributed by atoms with Crippen molar-refractivity contribution in [3.8, 4) is 22.3 Å². The van der Waals surface area contributed by atoms with Gasteiger partial charge in [-0.05, 0) is 205 Å². The van der Waals surface area contributed by atoms with Gasteiger partial charge in [0.05, 0.1) is 0 Å². The lowest BCUT2D eigenvalue weighted by atomic mass is 9.72. The van der Waals surface area contributed by atoms with E-state index in [0.29, 0.717) is 0 Å². The van der Waals surface area contributed by atoms with E-state index in [9.17, 15) is 0 Å². The highest BCUT2D eigenvalue weighted by atomic mass is 15.1. The molecule has 2 aliphatic rings. The molecule has 2 aliphatic carbocycles. The van der Waals surface area contributed by atoms with Gasteiger partial charge in [0.2, 0.25) is 0 Å². The molecule has 0 heterocycles. The number of rotatable bonds is 5. The number of nitrogens with zero attached hydrogens (tertiary/aromatic N) is 2. The Morgan fingerprint density at radius 2 is 0.661 bits per heavy atom. The zero-order valence-corrected chi connectivity index (χ0v) is 37.5. The topological polar surface area (TPSA) is 6.48 Å². The van der Waals surface area contributed by atoms with Crippen LogP contribution in [-0.2, 0) is 10.8 Å². The summed E-state index contributed by atoms with van der Waals surface area (Å²) in [5, 5.41) is 0. The van der Waals surface area contributed by atoms with E-state index < -0.39 is 0 Å². The molecule has 7 aromatic rings. The Morgan fingerprint density at radius 1 is 0.322 bits per heavy atom. The monoisotopic (exact) mass is 772 g/mol. The van der Waals surface area contributed by atoms with Crippen LogP contribution >= 0.6 is 0 Å². The van der Waals surface area contributed by atoms with Crippen molar-refractivity contribution in [3.63, 3.8) is 0 Å². The molecule has 0 saturated carbocycles. The third-order valence-electron chi connectivity index (χ3n) is 13.8. The molecule has 9 rings (SSSR count). The van der Waals surface area contributed by atoms with Gasteiger partial charge in [0.15, 0.2) is 0 Å². The SMILES string of the molecule is Cc1ccc(N(C)c2ccc(C)c(C)c2)cc1C.Cc1ccc(N(c2ccc(C)c(C)c2)c2ccc3c(c2)C(C)(C)c2c-3ccc3c2C(C)(C)c2ccccc2-3)cc1C. The van der Waals surface area contributed by atoms with E-state index in [2.05, 4.69) is 227 Å². The Hall–Kier alpha value is -5.86. The molecule has 0 saturated heterocycles. The average Bonchev–Trinajstić information content (AvgIpc) is 3.58. The molecule has 0 aromatic heterocycles. The first-order valence-corrected chi connectivity index (χ1v) is 21.2. The number of hydrogen-bond acceptors (Lipinski definition) is 2. The van der Waals surface area contributed by atoms with Crippen LogP contribution in [0.3, 0.4) is 0 Å². The minimum atomic E-state index is -0.122. The largest absolute Gasteiger partial charge is 0.345 e. The molecule has 0 fully saturated rings. The summed E-state index contributed by atoms with van der Waals surface area (Å²) >= 11 is 0. The summed E-state index contributed by atoms with van der Waals surface area (Å²) in [6, 6.07) is 47.7. The quantitative estimate of drug-likeness (QED) is 0.172. The van der Waals surface area contributed by atoms with Crippen LogP contribution in [0.2, 0.25) is 0 Å². The fourth-order valence-electron chi connectivity index (χ4n) is 9.50. The van der Waals surface area contributed by atoms with Gasteiger partial charge in [0.25, 0.3) is 0 Å². The summed E-state index contributed by atoms with van der Waals surface area (Å²) in [5.74, 6) is 0. The number of benzene rings is 7. The number of hydrogen-bond donors (Lipinski definition) is 0. The van der Waals surface area contributed by atoms with E-state index in [1.807, 2.05) is 0 Å². The number of fused-ring (bicyclic) bond motifs is 7. The van der Waals surface area contributed by atoms with Crippen LogP contribution in [0.4, 0.5) is 28.4 Å². The van der Waals surface area contributed by atoms with E-state index in [4.69, 9.17) is 0 Å². The normalized spacial score (nSPS) is 13.8. The Bertz CT molecular complexity index is 2680. The first kappa shape index (κ1) is 39.9. The maximum atomic E-state index is 2.46. The highest BCUT2D eigenvalue weighted by molar-refractivity contribution is 5.92. The van der Waals surface area contributed by atoms with Crippen molar-refractivity contribution in [1.29, 1.82) is 0 Å². The molecule has 2 heteroatoms. The Morgan fingerprint density at radius 3 is 1.12 bits per heavy atom. The summed E-state index contributed by atoms with van der Waals surface area (Å²) in [5.41, 5.74) is 27.9. The molecule has 0 amide bonds. The van der Waals surface area contributed by atoms with Crippen molar-refractivity contribution in [2.24, 2.45) is 0 Å². The maximum Gasteiger partial charge on any atom is 0.0465 e. The van der Waals surface area contributed by atoms with E-state index in [0.717, 1.165) is 0 Å². The summed E-state index contributed by atoms with van der Waals surface area (Å²) in [7, 11) is 2.12. The Labute approximate surface area is 354 Å². The van der Waals surface area contributed by atoms with Crippen LogP contribution in [-0.4, -0.2) is 7.05 Å². The predicted molar refractivity (Wildman–Crippen MR) is 255 cm³/mol. The summed E-state index contributed by atoms with van der Waals surface area (Å²) in [6.45, 7) is 27.1. The van der Waals surface area contributed by atoms with Gasteiger partial charge in [-0.25, -0.2) is 0 Å². The summed E-state index contributed by atoms with van der Waals surface area (Å²) in [4.78, 5) is 4.67. The molecule has 0 unspecified atom stereocenters. The van der Waals surface area contributed by atoms with Gasteiger partial charge in [-0.1, -0.05) is 94.4 Å². The van der Waals surface area contributed by atoms with Gasteiger partial charge in [-0.2, -0.15) is 0 Å². The minimum Gasteiger partial charge on any atom is -0.345 e. The molecule has 0 radical (unpaired) electrons. The van der Waals surface area contributed by atoms with Crippen LogP contribution in [0.25, 0.3) is 22.3 Å². The van der Waals surface area contributed by atoms with Crippen molar-refractivity contribution in [3.05, 3.63) is 194 Å². The molecule has 0 atom stereocenters.